The number of hydrogen-bond acceptors (Lipinski definition) is 2. The Balaban J connectivity index is 2.08. The van der Waals surface area contributed by atoms with E-state index in [0.29, 0.717) is 18.2 Å². The van der Waals surface area contributed by atoms with E-state index in [0.717, 1.165) is 4.47 Å². The Hall–Kier alpha value is -0.450. The lowest BCUT2D eigenvalue weighted by Gasteiger charge is -2.24. The fraction of sp³-hybridized carbons (Fsp3) is 0.600. The van der Waals surface area contributed by atoms with Gasteiger partial charge in [0.1, 0.15) is 5.82 Å². The van der Waals surface area contributed by atoms with Crippen LogP contribution < -0.4 is 11.1 Å². The van der Waals surface area contributed by atoms with Crippen molar-refractivity contribution in [1.82, 2.24) is 5.32 Å². The normalized spacial score (nSPS) is 19.1. The summed E-state index contributed by atoms with van der Waals surface area (Å²) in [6, 6.07) is 5.42. The minimum Gasteiger partial charge on any atom is -0.329 e. The molecule has 1 fully saturated rings. The largest absolute Gasteiger partial charge is 0.329 e. The van der Waals surface area contributed by atoms with Crippen LogP contribution in [0.15, 0.2) is 22.7 Å². The van der Waals surface area contributed by atoms with Crippen molar-refractivity contribution in [2.75, 3.05) is 6.54 Å². The Bertz CT molecular complexity index is 403. The van der Waals surface area contributed by atoms with Gasteiger partial charge >= 0.3 is 0 Å². The first-order valence-corrected chi connectivity index (χ1v) is 7.91. The second kappa shape index (κ2) is 7.36. The van der Waals surface area contributed by atoms with Gasteiger partial charge in [0.15, 0.2) is 0 Å². The highest BCUT2D eigenvalue weighted by Gasteiger charge is 2.20. The van der Waals surface area contributed by atoms with E-state index < -0.39 is 0 Å². The lowest BCUT2D eigenvalue weighted by Crippen LogP contribution is -2.37. The van der Waals surface area contributed by atoms with E-state index in [4.69, 9.17) is 5.73 Å². The molecule has 4 heteroatoms. The molecular weight excluding hydrogens is 307 g/mol. The van der Waals surface area contributed by atoms with Crippen molar-refractivity contribution in [3.05, 3.63) is 34.1 Å². The van der Waals surface area contributed by atoms with Gasteiger partial charge < -0.3 is 11.1 Å². The SMILES string of the molecule is NCC(NC1CCCCCC1)c1cc(Br)ccc1F. The minimum atomic E-state index is -0.181. The highest BCUT2D eigenvalue weighted by atomic mass is 79.9. The fourth-order valence-corrected chi connectivity index (χ4v) is 3.18. The lowest BCUT2D eigenvalue weighted by molar-refractivity contribution is 0.394. The lowest BCUT2D eigenvalue weighted by atomic mass is 10.0. The van der Waals surface area contributed by atoms with Gasteiger partial charge in [-0.1, -0.05) is 41.6 Å². The molecule has 3 N–H and O–H groups in total. The van der Waals surface area contributed by atoms with E-state index in [-0.39, 0.29) is 11.9 Å². The van der Waals surface area contributed by atoms with Gasteiger partial charge in [-0.15, -0.1) is 0 Å². The van der Waals surface area contributed by atoms with Gasteiger partial charge in [0.05, 0.1) is 0 Å². The van der Waals surface area contributed by atoms with Gasteiger partial charge in [-0.2, -0.15) is 0 Å². The van der Waals surface area contributed by atoms with Gasteiger partial charge in [0.25, 0.3) is 0 Å². The van der Waals surface area contributed by atoms with Crippen LogP contribution in [0.5, 0.6) is 0 Å². The van der Waals surface area contributed by atoms with Gasteiger partial charge in [-0.05, 0) is 31.0 Å². The maximum atomic E-state index is 13.9. The molecule has 1 saturated carbocycles. The maximum Gasteiger partial charge on any atom is 0.128 e. The number of hydrogen-bond donors (Lipinski definition) is 2. The smallest absolute Gasteiger partial charge is 0.128 e. The number of benzene rings is 1. The molecule has 19 heavy (non-hydrogen) atoms. The molecule has 2 rings (SSSR count). The molecule has 0 aliphatic heterocycles. The monoisotopic (exact) mass is 328 g/mol. The summed E-state index contributed by atoms with van der Waals surface area (Å²) in [5.74, 6) is -0.181. The van der Waals surface area contributed by atoms with E-state index in [2.05, 4.69) is 21.2 Å². The average molecular weight is 329 g/mol. The average Bonchev–Trinajstić information content (AvgIpc) is 2.67. The Kier molecular flexibility index (Phi) is 5.79. The molecule has 0 spiro atoms. The molecule has 2 nitrogen and oxygen atoms in total. The Morgan fingerprint density at radius 1 is 1.26 bits per heavy atom. The third-order valence-corrected chi connectivity index (χ3v) is 4.35. The zero-order valence-corrected chi connectivity index (χ0v) is 12.8. The Morgan fingerprint density at radius 2 is 1.95 bits per heavy atom. The maximum absolute atomic E-state index is 13.9. The van der Waals surface area contributed by atoms with Crippen LogP contribution in [0, 0.1) is 5.82 Å². The summed E-state index contributed by atoms with van der Waals surface area (Å²) in [6.45, 7) is 0.421. The van der Waals surface area contributed by atoms with Crippen LogP contribution in [0.2, 0.25) is 0 Å². The summed E-state index contributed by atoms with van der Waals surface area (Å²) in [5, 5.41) is 3.54. The molecule has 1 aromatic rings. The molecule has 1 aliphatic rings. The molecule has 1 aliphatic carbocycles. The summed E-state index contributed by atoms with van der Waals surface area (Å²) in [7, 11) is 0. The quantitative estimate of drug-likeness (QED) is 0.822. The third-order valence-electron chi connectivity index (χ3n) is 3.86. The molecule has 0 heterocycles. The van der Waals surface area contributed by atoms with Crippen molar-refractivity contribution in [3.8, 4) is 0 Å². The van der Waals surface area contributed by atoms with Gasteiger partial charge in [-0.3, -0.25) is 0 Å². The standard InChI is InChI=1S/C15H22BrFN2/c16-11-7-8-14(17)13(9-11)15(10-18)19-12-5-3-1-2-4-6-12/h7-9,12,15,19H,1-6,10,18H2. The molecule has 1 atom stereocenters. The number of rotatable bonds is 4. The van der Waals surface area contributed by atoms with E-state index >= 15 is 0 Å². The van der Waals surface area contributed by atoms with Crippen LogP contribution >= 0.6 is 15.9 Å². The topological polar surface area (TPSA) is 38.0 Å². The fourth-order valence-electron chi connectivity index (χ4n) is 2.80. The van der Waals surface area contributed by atoms with E-state index in [1.54, 1.807) is 6.07 Å². The van der Waals surface area contributed by atoms with Crippen molar-refractivity contribution in [1.29, 1.82) is 0 Å². The molecule has 0 saturated heterocycles. The van der Waals surface area contributed by atoms with Crippen LogP contribution in [0.1, 0.15) is 50.1 Å². The molecule has 0 amide bonds. The van der Waals surface area contributed by atoms with E-state index in [1.807, 2.05) is 6.07 Å². The van der Waals surface area contributed by atoms with Crippen molar-refractivity contribution in [2.45, 2.75) is 50.6 Å². The van der Waals surface area contributed by atoms with Crippen molar-refractivity contribution in [3.63, 3.8) is 0 Å². The van der Waals surface area contributed by atoms with Crippen molar-refractivity contribution in [2.24, 2.45) is 5.73 Å². The van der Waals surface area contributed by atoms with Crippen molar-refractivity contribution < 1.29 is 4.39 Å². The first kappa shape index (κ1) is 14.9. The van der Waals surface area contributed by atoms with E-state index in [1.165, 1.54) is 44.6 Å². The second-order valence-electron chi connectivity index (χ2n) is 5.31. The van der Waals surface area contributed by atoms with Crippen LogP contribution in [-0.4, -0.2) is 12.6 Å². The number of nitrogens with one attached hydrogen (secondary N) is 1. The zero-order valence-electron chi connectivity index (χ0n) is 11.2. The van der Waals surface area contributed by atoms with Gasteiger partial charge in [0, 0.05) is 28.7 Å². The first-order chi connectivity index (χ1) is 9.20. The molecule has 0 aromatic heterocycles. The first-order valence-electron chi connectivity index (χ1n) is 7.12. The number of nitrogens with two attached hydrogens (primary N) is 1. The molecule has 0 bridgehead atoms. The predicted octanol–water partition coefficient (Wildman–Crippen LogP) is 3.90. The van der Waals surface area contributed by atoms with Crippen LogP contribution in [0.25, 0.3) is 0 Å². The Morgan fingerprint density at radius 3 is 2.58 bits per heavy atom. The minimum absolute atomic E-state index is 0.0967. The molecule has 106 valence electrons. The molecular formula is C15H22BrFN2. The van der Waals surface area contributed by atoms with Gasteiger partial charge in [0.2, 0.25) is 0 Å². The molecule has 1 unspecified atom stereocenters. The van der Waals surface area contributed by atoms with Crippen LogP contribution in [0.3, 0.4) is 0 Å². The Labute approximate surface area is 123 Å². The zero-order chi connectivity index (χ0) is 13.7. The molecule has 1 aromatic carbocycles. The highest BCUT2D eigenvalue weighted by molar-refractivity contribution is 9.10. The summed E-state index contributed by atoms with van der Waals surface area (Å²) >= 11 is 3.40. The van der Waals surface area contributed by atoms with Gasteiger partial charge in [-0.25, -0.2) is 4.39 Å². The summed E-state index contributed by atoms with van der Waals surface area (Å²) in [4.78, 5) is 0. The summed E-state index contributed by atoms with van der Waals surface area (Å²) in [6.07, 6.45) is 7.50. The highest BCUT2D eigenvalue weighted by Crippen LogP contribution is 2.24. The number of halogens is 2. The van der Waals surface area contributed by atoms with E-state index in [9.17, 15) is 4.39 Å². The van der Waals surface area contributed by atoms with Crippen molar-refractivity contribution >= 4 is 15.9 Å². The van der Waals surface area contributed by atoms with Crippen LogP contribution in [-0.2, 0) is 0 Å². The molecule has 0 radical (unpaired) electrons. The van der Waals surface area contributed by atoms with Crippen LogP contribution in [0.4, 0.5) is 4.39 Å². The second-order valence-corrected chi connectivity index (χ2v) is 6.22. The summed E-state index contributed by atoms with van der Waals surface area (Å²) < 4.78 is 14.8. The summed E-state index contributed by atoms with van der Waals surface area (Å²) in [5.41, 5.74) is 6.50. The predicted molar refractivity (Wildman–Crippen MR) is 80.5 cm³/mol. The third kappa shape index (κ3) is 4.26.